The number of carbonyl (C=O) groups is 1. The van der Waals surface area contributed by atoms with E-state index in [9.17, 15) is 23.5 Å². The number of ether oxygens (including phenoxy) is 1. The maximum Gasteiger partial charge on any atom is 0.320 e. The average molecular weight is 410 g/mol. The van der Waals surface area contributed by atoms with E-state index in [-0.39, 0.29) is 37.2 Å². The van der Waals surface area contributed by atoms with Crippen LogP contribution in [-0.2, 0) is 30.6 Å². The van der Waals surface area contributed by atoms with Crippen molar-refractivity contribution in [3.05, 3.63) is 64.0 Å². The summed E-state index contributed by atoms with van der Waals surface area (Å²) in [7, 11) is 0. The van der Waals surface area contributed by atoms with Crippen molar-refractivity contribution >= 4 is 11.7 Å². The molecule has 2 heterocycles. The van der Waals surface area contributed by atoms with Crippen molar-refractivity contribution in [2.24, 2.45) is 0 Å². The SMILES string of the molecule is O=C([N-]c1ccn(C2OC(CO)C(O)C2(F)F)c(=O)n1)c1[c-]cccc1.[Sc]. The molecule has 1 aromatic heterocycles. The predicted octanol–water partition coefficient (Wildman–Crippen LogP) is 0.772. The summed E-state index contributed by atoms with van der Waals surface area (Å²) in [5.41, 5.74) is -0.996. The van der Waals surface area contributed by atoms with Gasteiger partial charge in [0.05, 0.1) is 12.5 Å². The van der Waals surface area contributed by atoms with Crippen LogP contribution in [0.2, 0.25) is 0 Å². The van der Waals surface area contributed by atoms with Crippen LogP contribution in [0.1, 0.15) is 16.6 Å². The minimum atomic E-state index is -3.81. The number of carbonyl (C=O) groups excluding carboxylic acids is 1. The van der Waals surface area contributed by atoms with E-state index in [1.807, 2.05) is 0 Å². The first-order chi connectivity index (χ1) is 12.3. The van der Waals surface area contributed by atoms with Gasteiger partial charge in [0.25, 0.3) is 0 Å². The van der Waals surface area contributed by atoms with Gasteiger partial charge in [-0.1, -0.05) is 5.82 Å². The number of nitrogens with zero attached hydrogens (tertiary/aromatic N) is 3. The molecule has 3 rings (SSSR count). The van der Waals surface area contributed by atoms with E-state index in [4.69, 9.17) is 9.84 Å². The molecule has 1 fully saturated rings. The Morgan fingerprint density at radius 3 is 2.70 bits per heavy atom. The summed E-state index contributed by atoms with van der Waals surface area (Å²) in [5.74, 6) is -4.78. The fourth-order valence-corrected chi connectivity index (χ4v) is 2.45. The molecule has 0 bridgehead atoms. The Bertz CT molecular complexity index is 865. The molecule has 3 atom stereocenters. The zero-order valence-corrected chi connectivity index (χ0v) is 15.5. The summed E-state index contributed by atoms with van der Waals surface area (Å²) in [5, 5.41) is 22.1. The molecule has 2 aromatic rings. The van der Waals surface area contributed by atoms with Gasteiger partial charge in [0.2, 0.25) is 11.9 Å². The Morgan fingerprint density at radius 1 is 1.41 bits per heavy atom. The quantitative estimate of drug-likeness (QED) is 0.720. The van der Waals surface area contributed by atoms with Gasteiger partial charge in [0.15, 0.2) is 6.10 Å². The average Bonchev–Trinajstić information content (AvgIpc) is 2.85. The Hall–Kier alpha value is -1.82. The van der Waals surface area contributed by atoms with Gasteiger partial charge in [-0.05, 0) is 6.07 Å². The van der Waals surface area contributed by atoms with Crippen LogP contribution in [0.15, 0.2) is 41.3 Å². The second-order valence-corrected chi connectivity index (χ2v) is 5.50. The van der Waals surface area contributed by atoms with Crippen molar-refractivity contribution in [1.82, 2.24) is 9.55 Å². The van der Waals surface area contributed by atoms with Gasteiger partial charge in [0.1, 0.15) is 6.10 Å². The molecule has 2 N–H and O–H groups in total. The molecule has 0 spiro atoms. The molecule has 1 aliphatic rings. The number of halogens is 2. The number of aromatic nitrogens is 2. The van der Waals surface area contributed by atoms with E-state index in [0.29, 0.717) is 4.57 Å². The number of aliphatic hydroxyl groups is 2. The monoisotopic (exact) mass is 410 g/mol. The van der Waals surface area contributed by atoms with E-state index < -0.39 is 42.6 Å². The van der Waals surface area contributed by atoms with Crippen molar-refractivity contribution in [3.63, 3.8) is 0 Å². The zero-order valence-electron chi connectivity index (χ0n) is 13.7. The van der Waals surface area contributed by atoms with Gasteiger partial charge < -0.3 is 30.0 Å². The molecule has 11 heteroatoms. The first-order valence-corrected chi connectivity index (χ1v) is 7.48. The molecule has 1 aromatic carbocycles. The number of rotatable bonds is 4. The Kier molecular flexibility index (Phi) is 6.73. The largest absolute Gasteiger partial charge is 0.448 e. The van der Waals surface area contributed by atoms with Gasteiger partial charge >= 0.3 is 5.92 Å². The predicted molar refractivity (Wildman–Crippen MR) is 83.1 cm³/mol. The van der Waals surface area contributed by atoms with Crippen molar-refractivity contribution in [3.8, 4) is 0 Å². The molecule has 1 amide bonds. The van der Waals surface area contributed by atoms with Crippen molar-refractivity contribution in [2.75, 3.05) is 6.61 Å². The molecule has 1 radical (unpaired) electrons. The van der Waals surface area contributed by atoms with E-state index in [1.54, 1.807) is 12.1 Å². The number of aliphatic hydroxyl groups excluding tert-OH is 2. The van der Waals surface area contributed by atoms with Crippen LogP contribution in [0.25, 0.3) is 5.32 Å². The van der Waals surface area contributed by atoms with Crippen LogP contribution in [0.4, 0.5) is 14.6 Å². The molecule has 141 valence electrons. The topological polar surface area (TPSA) is 116 Å². The number of benzene rings is 1. The van der Waals surface area contributed by atoms with Crippen LogP contribution >= 0.6 is 0 Å². The molecule has 0 aliphatic carbocycles. The third kappa shape index (κ3) is 4.21. The maximum absolute atomic E-state index is 14.1. The van der Waals surface area contributed by atoms with Gasteiger partial charge in [0, 0.05) is 32.0 Å². The molecule has 3 unspecified atom stereocenters. The van der Waals surface area contributed by atoms with Gasteiger partial charge in [-0.3, -0.25) is 9.36 Å². The van der Waals surface area contributed by atoms with Crippen LogP contribution in [0.5, 0.6) is 0 Å². The maximum atomic E-state index is 14.1. The van der Waals surface area contributed by atoms with Gasteiger partial charge in [-0.25, -0.2) is 0 Å². The van der Waals surface area contributed by atoms with E-state index in [1.165, 1.54) is 12.1 Å². The summed E-state index contributed by atoms with van der Waals surface area (Å²) in [4.78, 5) is 27.5. The van der Waals surface area contributed by atoms with Gasteiger partial charge in [-0.15, -0.1) is 35.9 Å². The van der Waals surface area contributed by atoms with Crippen LogP contribution in [0.3, 0.4) is 0 Å². The fourth-order valence-electron chi connectivity index (χ4n) is 2.45. The minimum absolute atomic E-state index is 0. The summed E-state index contributed by atoms with van der Waals surface area (Å²) < 4.78 is 33.5. The molecule has 1 saturated heterocycles. The van der Waals surface area contributed by atoms with E-state index in [2.05, 4.69) is 16.4 Å². The molecular formula is C16H13F2N3O5Sc-2. The second-order valence-electron chi connectivity index (χ2n) is 5.50. The number of hydrogen-bond acceptors (Lipinski definition) is 6. The Balaban J connectivity index is 0.00000261. The first-order valence-electron chi connectivity index (χ1n) is 7.48. The summed E-state index contributed by atoms with van der Waals surface area (Å²) >= 11 is 0. The van der Waals surface area contributed by atoms with Gasteiger partial charge in [-0.2, -0.15) is 8.78 Å². The molecule has 1 aliphatic heterocycles. The van der Waals surface area contributed by atoms with Crippen LogP contribution in [0, 0.1) is 6.07 Å². The van der Waals surface area contributed by atoms with Crippen molar-refractivity contribution in [1.29, 1.82) is 0 Å². The summed E-state index contributed by atoms with van der Waals surface area (Å²) in [6.45, 7) is -0.842. The summed E-state index contributed by atoms with van der Waals surface area (Å²) in [6.07, 6.45) is -5.02. The Labute approximate surface area is 170 Å². The summed E-state index contributed by atoms with van der Waals surface area (Å²) in [6, 6.07) is 9.99. The number of alkyl halides is 2. The molecule has 0 saturated carbocycles. The van der Waals surface area contributed by atoms with Crippen molar-refractivity contribution in [2.45, 2.75) is 24.4 Å². The second kappa shape index (κ2) is 8.46. The Morgan fingerprint density at radius 2 is 2.15 bits per heavy atom. The standard InChI is InChI=1S/C16H14F2N3O5.Sc/c17-16(18)12(23)10(8-22)26-14(16)21-7-6-11(20-15(21)25)19-13(24)9-4-2-1-3-5-9;/h1-4,6-7,10,12,14,22-23H,8H2,(H,19,20,24,25);/q-1;/p-1. The van der Waals surface area contributed by atoms with Crippen LogP contribution < -0.4 is 5.69 Å². The molecular weight excluding hydrogens is 397 g/mol. The van der Waals surface area contributed by atoms with Crippen LogP contribution in [-0.4, -0.2) is 50.4 Å². The molecule has 27 heavy (non-hydrogen) atoms. The molecule has 8 nitrogen and oxygen atoms in total. The number of amides is 1. The van der Waals surface area contributed by atoms with E-state index >= 15 is 0 Å². The van der Waals surface area contributed by atoms with Crippen molar-refractivity contribution < 1.29 is 54.4 Å². The minimum Gasteiger partial charge on any atom is -0.448 e. The normalized spacial score (nSPS) is 23.5. The number of hydrogen-bond donors (Lipinski definition) is 2. The fraction of sp³-hybridized carbons (Fsp3) is 0.312. The third-order valence-corrected chi connectivity index (χ3v) is 3.78. The van der Waals surface area contributed by atoms with E-state index in [0.717, 1.165) is 12.3 Å². The first kappa shape index (κ1) is 21.5. The zero-order chi connectivity index (χ0) is 18.9. The smallest absolute Gasteiger partial charge is 0.320 e. The third-order valence-electron chi connectivity index (χ3n) is 3.78.